The third-order valence-corrected chi connectivity index (χ3v) is 4.52. The third kappa shape index (κ3) is 2.90. The number of thiocarbonyl (C=S) groups is 1. The minimum absolute atomic E-state index is 0.612. The molecular formula is C20H16N4S. The largest absolute Gasteiger partial charge is 0.330 e. The van der Waals surface area contributed by atoms with Crippen molar-refractivity contribution in [1.82, 2.24) is 9.97 Å². The second-order valence-corrected chi connectivity index (χ2v) is 6.11. The van der Waals surface area contributed by atoms with Crippen LogP contribution in [0.3, 0.4) is 0 Å². The minimum atomic E-state index is 0.612. The lowest BCUT2D eigenvalue weighted by atomic mass is 10.1. The molecule has 0 amide bonds. The van der Waals surface area contributed by atoms with Gasteiger partial charge in [-0.3, -0.25) is 9.97 Å². The average Bonchev–Trinajstić information content (AvgIpc) is 2.68. The molecule has 0 atom stereocenters. The normalized spacial score (nSPS) is 10.8. The number of pyridine rings is 2. The molecule has 5 heteroatoms. The van der Waals surface area contributed by atoms with Gasteiger partial charge in [0.1, 0.15) is 0 Å². The molecule has 0 unspecified atom stereocenters. The van der Waals surface area contributed by atoms with Crippen LogP contribution >= 0.6 is 12.2 Å². The molecule has 2 aromatic carbocycles. The van der Waals surface area contributed by atoms with E-state index in [1.807, 2.05) is 72.6 Å². The van der Waals surface area contributed by atoms with Gasteiger partial charge in [0.25, 0.3) is 0 Å². The Balaban J connectivity index is 1.77. The van der Waals surface area contributed by atoms with Crippen molar-refractivity contribution in [3.05, 3.63) is 73.1 Å². The van der Waals surface area contributed by atoms with Crippen LogP contribution in [0, 0.1) is 0 Å². The lowest BCUT2D eigenvalue weighted by Gasteiger charge is -2.21. The van der Waals surface area contributed by atoms with Crippen LogP contribution in [0.1, 0.15) is 0 Å². The lowest BCUT2D eigenvalue weighted by Crippen LogP contribution is -2.30. The summed E-state index contributed by atoms with van der Waals surface area (Å²) in [5.41, 5.74) is 3.71. The van der Waals surface area contributed by atoms with Gasteiger partial charge in [-0.05, 0) is 48.6 Å². The maximum Gasteiger partial charge on any atom is 0.177 e. The van der Waals surface area contributed by atoms with E-state index in [2.05, 4.69) is 15.3 Å². The van der Waals surface area contributed by atoms with Crippen molar-refractivity contribution >= 4 is 50.5 Å². The second kappa shape index (κ2) is 6.45. The van der Waals surface area contributed by atoms with Crippen LogP contribution in [-0.2, 0) is 0 Å². The Morgan fingerprint density at radius 1 is 0.920 bits per heavy atom. The molecule has 0 radical (unpaired) electrons. The van der Waals surface area contributed by atoms with E-state index in [0.717, 1.165) is 33.2 Å². The van der Waals surface area contributed by atoms with Crippen LogP contribution in [0.15, 0.2) is 73.1 Å². The molecule has 0 bridgehead atoms. The highest BCUT2D eigenvalue weighted by Crippen LogP contribution is 2.29. The highest BCUT2D eigenvalue weighted by atomic mass is 32.1. The van der Waals surface area contributed by atoms with Crippen molar-refractivity contribution in [3.63, 3.8) is 0 Å². The molecule has 0 aliphatic rings. The molecule has 25 heavy (non-hydrogen) atoms. The summed E-state index contributed by atoms with van der Waals surface area (Å²) in [6, 6.07) is 20.0. The van der Waals surface area contributed by atoms with E-state index in [4.69, 9.17) is 12.2 Å². The van der Waals surface area contributed by atoms with Crippen molar-refractivity contribution in [3.8, 4) is 0 Å². The highest BCUT2D eigenvalue weighted by molar-refractivity contribution is 7.80. The Kier molecular flexibility index (Phi) is 3.99. The molecule has 122 valence electrons. The Morgan fingerprint density at radius 2 is 1.64 bits per heavy atom. The van der Waals surface area contributed by atoms with Crippen molar-refractivity contribution in [2.75, 3.05) is 17.3 Å². The van der Waals surface area contributed by atoms with Gasteiger partial charge >= 0.3 is 0 Å². The minimum Gasteiger partial charge on any atom is -0.330 e. The van der Waals surface area contributed by atoms with Crippen LogP contribution < -0.4 is 10.2 Å². The molecule has 1 N–H and O–H groups in total. The summed E-state index contributed by atoms with van der Waals surface area (Å²) in [7, 11) is 1.95. The number of para-hydroxylation sites is 1. The zero-order valence-corrected chi connectivity index (χ0v) is 14.5. The summed E-state index contributed by atoms with van der Waals surface area (Å²) in [6.45, 7) is 0. The molecule has 2 heterocycles. The number of nitrogens with one attached hydrogen (secondary N) is 1. The fourth-order valence-electron chi connectivity index (χ4n) is 2.86. The van der Waals surface area contributed by atoms with E-state index in [9.17, 15) is 0 Å². The second-order valence-electron chi connectivity index (χ2n) is 5.72. The number of fused-ring (bicyclic) bond motifs is 3. The third-order valence-electron chi connectivity index (χ3n) is 4.15. The first-order chi connectivity index (χ1) is 12.2. The molecule has 0 saturated heterocycles. The Labute approximate surface area is 151 Å². The lowest BCUT2D eigenvalue weighted by molar-refractivity contribution is 1.28. The summed E-state index contributed by atoms with van der Waals surface area (Å²) in [5, 5.41) is 6.01. The molecule has 0 aliphatic heterocycles. The van der Waals surface area contributed by atoms with Crippen molar-refractivity contribution in [2.45, 2.75) is 0 Å². The van der Waals surface area contributed by atoms with E-state index in [1.54, 1.807) is 12.4 Å². The van der Waals surface area contributed by atoms with Crippen LogP contribution in [-0.4, -0.2) is 22.1 Å². The van der Waals surface area contributed by atoms with Gasteiger partial charge in [0, 0.05) is 35.9 Å². The van der Waals surface area contributed by atoms with Crippen LogP contribution in [0.25, 0.3) is 21.8 Å². The molecule has 0 saturated carbocycles. The number of hydrogen-bond donors (Lipinski definition) is 1. The monoisotopic (exact) mass is 344 g/mol. The highest BCUT2D eigenvalue weighted by Gasteiger charge is 2.12. The fraction of sp³-hybridized carbons (Fsp3) is 0.0500. The SMILES string of the molecule is CN(C(=S)Nc1cc2cccnc2c2cccnc12)c1ccccc1. The molecule has 2 aromatic heterocycles. The first kappa shape index (κ1) is 15.5. The first-order valence-corrected chi connectivity index (χ1v) is 8.37. The van der Waals surface area contributed by atoms with E-state index >= 15 is 0 Å². The molecular weight excluding hydrogens is 328 g/mol. The molecule has 4 aromatic rings. The van der Waals surface area contributed by atoms with Gasteiger partial charge in [-0.1, -0.05) is 24.3 Å². The predicted molar refractivity (Wildman–Crippen MR) is 108 cm³/mol. The van der Waals surface area contributed by atoms with Gasteiger partial charge in [0.2, 0.25) is 0 Å². The number of aromatic nitrogens is 2. The Morgan fingerprint density at radius 3 is 2.44 bits per heavy atom. The summed E-state index contributed by atoms with van der Waals surface area (Å²) >= 11 is 5.60. The smallest absolute Gasteiger partial charge is 0.177 e. The predicted octanol–water partition coefficient (Wildman–Crippen LogP) is 4.62. The van der Waals surface area contributed by atoms with Gasteiger partial charge in [0.15, 0.2) is 5.11 Å². The van der Waals surface area contributed by atoms with E-state index in [-0.39, 0.29) is 0 Å². The maximum absolute atomic E-state index is 5.60. The number of nitrogens with zero attached hydrogens (tertiary/aromatic N) is 3. The summed E-state index contributed by atoms with van der Waals surface area (Å²) in [6.07, 6.45) is 3.59. The number of anilines is 2. The van der Waals surface area contributed by atoms with Gasteiger partial charge in [-0.2, -0.15) is 0 Å². The van der Waals surface area contributed by atoms with E-state index < -0.39 is 0 Å². The van der Waals surface area contributed by atoms with Gasteiger partial charge in [-0.15, -0.1) is 0 Å². The standard InChI is InChI=1S/C20H16N4S/c1-24(15-8-3-2-4-9-15)20(25)23-17-13-14-7-5-11-21-18(14)16-10-6-12-22-19(16)17/h2-13H,1H3,(H,23,25). The summed E-state index contributed by atoms with van der Waals surface area (Å²) in [5.74, 6) is 0. The van der Waals surface area contributed by atoms with Gasteiger partial charge in [0.05, 0.1) is 16.7 Å². The summed E-state index contributed by atoms with van der Waals surface area (Å²) in [4.78, 5) is 11.0. The van der Waals surface area contributed by atoms with Crippen LogP contribution in [0.2, 0.25) is 0 Å². The van der Waals surface area contributed by atoms with E-state index in [1.165, 1.54) is 0 Å². The summed E-state index contributed by atoms with van der Waals surface area (Å²) < 4.78 is 0. The zero-order valence-electron chi connectivity index (χ0n) is 13.7. The Bertz CT molecular complexity index is 1060. The number of benzene rings is 2. The quantitative estimate of drug-likeness (QED) is 0.425. The Hall–Kier alpha value is -3.05. The molecule has 4 rings (SSSR count). The topological polar surface area (TPSA) is 41.0 Å². The van der Waals surface area contributed by atoms with Gasteiger partial charge in [-0.25, -0.2) is 0 Å². The zero-order chi connectivity index (χ0) is 17.2. The first-order valence-electron chi connectivity index (χ1n) is 7.96. The van der Waals surface area contributed by atoms with Crippen LogP contribution in [0.4, 0.5) is 11.4 Å². The maximum atomic E-state index is 5.60. The molecule has 4 nitrogen and oxygen atoms in total. The van der Waals surface area contributed by atoms with E-state index in [0.29, 0.717) is 5.11 Å². The molecule has 0 spiro atoms. The number of hydrogen-bond acceptors (Lipinski definition) is 3. The van der Waals surface area contributed by atoms with Gasteiger partial charge < -0.3 is 10.2 Å². The van der Waals surface area contributed by atoms with Crippen molar-refractivity contribution < 1.29 is 0 Å². The van der Waals surface area contributed by atoms with Crippen LogP contribution in [0.5, 0.6) is 0 Å². The average molecular weight is 344 g/mol. The fourth-order valence-corrected chi connectivity index (χ4v) is 3.07. The number of rotatable bonds is 2. The molecule has 0 fully saturated rings. The van der Waals surface area contributed by atoms with Crippen molar-refractivity contribution in [1.29, 1.82) is 0 Å². The molecule has 0 aliphatic carbocycles. The van der Waals surface area contributed by atoms with Crippen molar-refractivity contribution in [2.24, 2.45) is 0 Å².